The highest BCUT2D eigenvalue weighted by molar-refractivity contribution is 5.98. The van der Waals surface area contributed by atoms with E-state index in [-0.39, 0.29) is 23.4 Å². The Morgan fingerprint density at radius 2 is 2.15 bits per heavy atom. The lowest BCUT2D eigenvalue weighted by molar-refractivity contribution is -0.140. The Morgan fingerprint density at radius 3 is 2.96 bits per heavy atom. The van der Waals surface area contributed by atoms with Crippen LogP contribution in [0.5, 0.6) is 0 Å². The lowest BCUT2D eigenvalue weighted by Crippen LogP contribution is -2.50. The summed E-state index contributed by atoms with van der Waals surface area (Å²) in [6.07, 6.45) is 4.51. The number of nitrogens with zero attached hydrogens (tertiary/aromatic N) is 2. The third-order valence-electron chi connectivity index (χ3n) is 6.55. The number of hydrogen-bond donors (Lipinski definition) is 0. The van der Waals surface area contributed by atoms with E-state index >= 15 is 0 Å². The van der Waals surface area contributed by atoms with Crippen molar-refractivity contribution in [2.24, 2.45) is 11.3 Å². The SMILES string of the molecule is COC(=O)C1=CO[C@@H](C)[C@@]2(C)Cn3ccc4c5ccccc5nc-4c3C[C@H]12. The number of pyridine rings is 1. The summed E-state index contributed by atoms with van der Waals surface area (Å²) in [5.41, 5.74) is 4.83. The van der Waals surface area contributed by atoms with Gasteiger partial charge in [0, 0.05) is 40.7 Å². The van der Waals surface area contributed by atoms with Crippen molar-refractivity contribution >= 4 is 16.9 Å². The molecule has 5 nitrogen and oxygen atoms in total. The van der Waals surface area contributed by atoms with E-state index in [1.165, 1.54) is 23.8 Å². The van der Waals surface area contributed by atoms with Crippen LogP contribution in [0.15, 0.2) is 48.4 Å². The first-order valence-corrected chi connectivity index (χ1v) is 9.33. The lowest BCUT2D eigenvalue weighted by atomic mass is 9.64. The van der Waals surface area contributed by atoms with Crippen LogP contribution < -0.4 is 0 Å². The zero-order chi connectivity index (χ0) is 18.8. The van der Waals surface area contributed by atoms with Gasteiger partial charge in [-0.2, -0.15) is 0 Å². The molecule has 0 fully saturated rings. The van der Waals surface area contributed by atoms with Crippen LogP contribution in [0.25, 0.3) is 22.2 Å². The smallest absolute Gasteiger partial charge is 0.337 e. The van der Waals surface area contributed by atoms with E-state index in [0.29, 0.717) is 5.57 Å². The summed E-state index contributed by atoms with van der Waals surface area (Å²) >= 11 is 0. The van der Waals surface area contributed by atoms with Crippen molar-refractivity contribution in [3.63, 3.8) is 0 Å². The number of benzene rings is 1. The van der Waals surface area contributed by atoms with Crippen LogP contribution in [0, 0.1) is 11.3 Å². The van der Waals surface area contributed by atoms with E-state index in [1.54, 1.807) is 6.26 Å². The molecule has 0 aromatic heterocycles. The van der Waals surface area contributed by atoms with Gasteiger partial charge in [0.1, 0.15) is 6.10 Å². The first-order valence-electron chi connectivity index (χ1n) is 9.33. The Balaban J connectivity index is 1.69. The minimum absolute atomic E-state index is 0.0129. The number of para-hydroxylation sites is 1. The molecule has 0 N–H and O–H groups in total. The molecule has 0 saturated heterocycles. The van der Waals surface area contributed by atoms with Crippen molar-refractivity contribution in [2.75, 3.05) is 7.11 Å². The molecule has 3 atom stereocenters. The standard InChI is InChI=1S/C22H22N2O3/c1-13-22(2)12-24-9-8-15-14-6-4-5-7-18(14)23-20(15)19(24)10-17(22)16(11-27-13)21(25)26-3/h4-9,11,13,17H,10,12H2,1-3H3/t13-,17+,22+/m0/s1. The Hall–Kier alpha value is -2.82. The molecular weight excluding hydrogens is 340 g/mol. The highest BCUT2D eigenvalue weighted by Gasteiger charge is 2.50. The molecule has 1 aromatic rings. The van der Waals surface area contributed by atoms with Crippen LogP contribution in [-0.4, -0.2) is 28.7 Å². The van der Waals surface area contributed by atoms with E-state index < -0.39 is 0 Å². The van der Waals surface area contributed by atoms with E-state index in [2.05, 4.69) is 42.8 Å². The van der Waals surface area contributed by atoms with E-state index in [1.807, 2.05) is 12.1 Å². The summed E-state index contributed by atoms with van der Waals surface area (Å²) < 4.78 is 13.2. The highest BCUT2D eigenvalue weighted by atomic mass is 16.5. The first-order chi connectivity index (χ1) is 13.0. The summed E-state index contributed by atoms with van der Waals surface area (Å²) in [6.45, 7) is 5.06. The quantitative estimate of drug-likeness (QED) is 0.618. The number of ether oxygens (including phenoxy) is 2. The summed E-state index contributed by atoms with van der Waals surface area (Å²) in [4.78, 5) is 17.3. The van der Waals surface area contributed by atoms with Gasteiger partial charge in [-0.15, -0.1) is 0 Å². The van der Waals surface area contributed by atoms with Gasteiger partial charge in [0.25, 0.3) is 0 Å². The molecule has 4 aliphatic heterocycles. The third-order valence-corrected chi connectivity index (χ3v) is 6.55. The van der Waals surface area contributed by atoms with Gasteiger partial charge in [-0.1, -0.05) is 25.1 Å². The number of fused-ring (bicyclic) bond motifs is 6. The first kappa shape index (κ1) is 16.4. The molecule has 4 aliphatic rings. The van der Waals surface area contributed by atoms with Crippen molar-refractivity contribution in [3.8, 4) is 11.3 Å². The minimum atomic E-state index is -0.306. The second-order valence-corrected chi connectivity index (χ2v) is 7.89. The average molecular weight is 362 g/mol. The summed E-state index contributed by atoms with van der Waals surface area (Å²) in [7, 11) is 1.42. The Bertz CT molecular complexity index is 1070. The molecule has 4 heterocycles. The molecular formula is C22H22N2O3. The number of esters is 1. The van der Waals surface area contributed by atoms with Crippen molar-refractivity contribution < 1.29 is 14.3 Å². The van der Waals surface area contributed by atoms with E-state index in [0.717, 1.165) is 24.2 Å². The van der Waals surface area contributed by atoms with Gasteiger partial charge >= 0.3 is 5.97 Å². The second-order valence-electron chi connectivity index (χ2n) is 7.89. The van der Waals surface area contributed by atoms with Gasteiger partial charge in [0.15, 0.2) is 0 Å². The molecule has 0 spiro atoms. The van der Waals surface area contributed by atoms with Gasteiger partial charge < -0.3 is 14.0 Å². The number of carbonyl (C=O) groups excluding carboxylic acids is 1. The summed E-state index contributed by atoms with van der Waals surface area (Å²) in [5, 5.41) is 1.17. The Labute approximate surface area is 157 Å². The summed E-state index contributed by atoms with van der Waals surface area (Å²) in [5.74, 6) is -0.265. The summed E-state index contributed by atoms with van der Waals surface area (Å²) in [6, 6.07) is 10.4. The van der Waals surface area contributed by atoms with Crippen molar-refractivity contribution in [1.29, 1.82) is 0 Å². The highest BCUT2D eigenvalue weighted by Crippen LogP contribution is 2.49. The van der Waals surface area contributed by atoms with Crippen LogP contribution >= 0.6 is 0 Å². The number of methoxy groups -OCH3 is 1. The second kappa shape index (κ2) is 5.59. The van der Waals surface area contributed by atoms with Crippen molar-refractivity contribution in [2.45, 2.75) is 32.9 Å². The Morgan fingerprint density at radius 1 is 1.33 bits per heavy atom. The van der Waals surface area contributed by atoms with Crippen LogP contribution in [0.2, 0.25) is 0 Å². The fourth-order valence-electron chi connectivity index (χ4n) is 4.75. The number of rotatable bonds is 1. The number of aromatic nitrogens is 2. The maximum Gasteiger partial charge on any atom is 0.337 e. The zero-order valence-corrected chi connectivity index (χ0v) is 15.7. The average Bonchev–Trinajstić information content (AvgIpc) is 3.06. The molecule has 5 heteroatoms. The fraction of sp³-hybridized carbons (Fsp3) is 0.364. The molecule has 1 aromatic carbocycles. The van der Waals surface area contributed by atoms with Crippen LogP contribution in [0.3, 0.4) is 0 Å². The van der Waals surface area contributed by atoms with Crippen molar-refractivity contribution in [3.05, 3.63) is 54.1 Å². The predicted octanol–water partition coefficient (Wildman–Crippen LogP) is 3.80. The van der Waals surface area contributed by atoms with Gasteiger partial charge in [-0.3, -0.25) is 0 Å². The lowest BCUT2D eigenvalue weighted by Gasteiger charge is -2.49. The molecule has 27 heavy (non-hydrogen) atoms. The van der Waals surface area contributed by atoms with Crippen molar-refractivity contribution in [1.82, 2.24) is 9.55 Å². The van der Waals surface area contributed by atoms with Gasteiger partial charge in [0.2, 0.25) is 0 Å². The molecule has 138 valence electrons. The monoisotopic (exact) mass is 362 g/mol. The maximum atomic E-state index is 12.4. The van der Waals surface area contributed by atoms with Gasteiger partial charge in [0.05, 0.1) is 30.2 Å². The normalized spacial score (nSPS) is 26.9. The fourth-order valence-corrected chi connectivity index (χ4v) is 4.75. The topological polar surface area (TPSA) is 53.4 Å². The minimum Gasteiger partial charge on any atom is -0.497 e. The molecule has 0 bridgehead atoms. The zero-order valence-electron chi connectivity index (χ0n) is 15.7. The third kappa shape index (κ3) is 2.17. The molecule has 0 unspecified atom stereocenters. The number of hydrogen-bond acceptors (Lipinski definition) is 4. The predicted molar refractivity (Wildman–Crippen MR) is 102 cm³/mol. The molecule has 0 amide bonds. The van der Waals surface area contributed by atoms with Gasteiger partial charge in [-0.25, -0.2) is 9.78 Å². The molecule has 0 radical (unpaired) electrons. The van der Waals surface area contributed by atoms with E-state index in [4.69, 9.17) is 14.5 Å². The van der Waals surface area contributed by atoms with Crippen LogP contribution in [-0.2, 0) is 27.2 Å². The molecule has 0 aliphatic carbocycles. The Kier molecular flexibility index (Phi) is 3.39. The maximum absolute atomic E-state index is 12.4. The van der Waals surface area contributed by atoms with Crippen LogP contribution in [0.4, 0.5) is 0 Å². The van der Waals surface area contributed by atoms with Gasteiger partial charge in [-0.05, 0) is 25.5 Å². The molecule has 5 rings (SSSR count). The van der Waals surface area contributed by atoms with E-state index in [9.17, 15) is 4.79 Å². The largest absolute Gasteiger partial charge is 0.497 e. The number of carbonyl (C=O) groups is 1. The molecule has 0 saturated carbocycles. The van der Waals surface area contributed by atoms with Crippen LogP contribution in [0.1, 0.15) is 19.5 Å².